The minimum Gasteiger partial charge on any atom is -0.496 e. The molecule has 11 N–H and O–H groups in total. The molecule has 5 amide bonds. The number of likely N-dealkylation sites (N-methyl/N-ethyl adjacent to an activating group) is 4. The summed E-state index contributed by atoms with van der Waals surface area (Å²) in [6, 6.07) is 39.8. The molecule has 26 heteroatoms. The first kappa shape index (κ1) is 89.7. The number of hydrogen-bond acceptors (Lipinski definition) is 20. The summed E-state index contributed by atoms with van der Waals surface area (Å²) in [4.78, 5) is 101. The number of rotatable bonds is 34. The molecule has 0 radical (unpaired) electrons. The summed E-state index contributed by atoms with van der Waals surface area (Å²) in [5, 5.41) is 68.7. The van der Waals surface area contributed by atoms with Gasteiger partial charge >= 0.3 is 5.97 Å². The van der Waals surface area contributed by atoms with Crippen LogP contribution in [0.4, 0.5) is 11.4 Å². The lowest BCUT2D eigenvalue weighted by atomic mass is 9.45. The summed E-state index contributed by atoms with van der Waals surface area (Å²) in [6.45, 7) is 17.3. The predicted molar refractivity (Wildman–Crippen MR) is 455 cm³/mol. The molecule has 6 aliphatic carbocycles. The van der Waals surface area contributed by atoms with Crippen molar-refractivity contribution in [3.63, 3.8) is 0 Å². The molecule has 8 fully saturated rings. The van der Waals surface area contributed by atoms with Gasteiger partial charge in [0, 0.05) is 108 Å². The van der Waals surface area contributed by atoms with Gasteiger partial charge in [-0.1, -0.05) is 139 Å². The number of carboxylic acids is 1. The maximum absolute atomic E-state index is 14.3. The van der Waals surface area contributed by atoms with Crippen molar-refractivity contribution in [2.45, 2.75) is 168 Å². The van der Waals surface area contributed by atoms with Crippen molar-refractivity contribution in [3.8, 4) is 33.8 Å². The third kappa shape index (κ3) is 20.3. The van der Waals surface area contributed by atoms with Crippen LogP contribution in [0, 0.1) is 58.2 Å². The second-order valence-electron chi connectivity index (χ2n) is 35.8. The number of amides is 5. The molecule has 6 saturated carbocycles. The third-order valence-electron chi connectivity index (χ3n) is 26.5. The number of aliphatic hydroxyl groups is 4. The minimum atomic E-state index is -1.02. The summed E-state index contributed by atoms with van der Waals surface area (Å²) >= 11 is 0. The molecule has 6 aromatic rings. The summed E-state index contributed by atoms with van der Waals surface area (Å²) < 4.78 is 12.2. The molecule has 0 unspecified atom stereocenters. The first-order valence-electron chi connectivity index (χ1n) is 41.6. The average Bonchev–Trinajstić information content (AvgIpc) is 1.000. The van der Waals surface area contributed by atoms with Crippen molar-refractivity contribution < 1.29 is 73.4 Å². The van der Waals surface area contributed by atoms with E-state index in [-0.39, 0.29) is 98.0 Å². The Morgan fingerprint density at radius 3 is 1.25 bits per heavy atom. The van der Waals surface area contributed by atoms with Gasteiger partial charge in [0.05, 0.1) is 59.3 Å². The lowest BCUT2D eigenvalue weighted by molar-refractivity contribution is -0.183. The Morgan fingerprint density at radius 1 is 0.542 bits per heavy atom. The Morgan fingerprint density at radius 2 is 0.924 bits per heavy atom. The van der Waals surface area contributed by atoms with Gasteiger partial charge in [0.15, 0.2) is 0 Å². The zero-order chi connectivity index (χ0) is 85.5. The number of fused-ring (bicyclic) bond motifs is 4. The van der Waals surface area contributed by atoms with E-state index in [0.29, 0.717) is 129 Å². The summed E-state index contributed by atoms with van der Waals surface area (Å²) in [7, 11) is 14.4. The number of benzene rings is 6. The van der Waals surface area contributed by atoms with Crippen molar-refractivity contribution in [2.75, 3.05) is 106 Å². The number of nitrogens with one attached hydrogen (secondary N) is 4. The normalized spacial score (nSPS) is 25.8. The number of anilines is 2. The van der Waals surface area contributed by atoms with E-state index >= 15 is 0 Å². The third-order valence-corrected chi connectivity index (χ3v) is 26.5. The molecular weight excluding hydrogens is 1500 g/mol. The number of aliphatic hydroxyl groups excluding tert-OH is 4. The number of carbonyl (C=O) groups excluding carboxylic acids is 5. The molecule has 18 atom stereocenters. The number of aliphatic carboxylic acids is 1. The molecule has 0 spiro atoms. The number of carbonyl (C=O) groups is 6. The highest BCUT2D eigenvalue weighted by molar-refractivity contribution is 5.99. The lowest BCUT2D eigenvalue weighted by Crippen LogP contribution is -2.62. The Bertz CT molecular complexity index is 4190. The molecule has 8 aliphatic rings. The molecule has 640 valence electrons. The summed E-state index contributed by atoms with van der Waals surface area (Å²) in [5.74, 6) is -0.272. The average molecular weight is 1630 g/mol. The molecule has 26 nitrogen and oxygen atoms in total. The highest BCUT2D eigenvalue weighted by Crippen LogP contribution is 2.62. The van der Waals surface area contributed by atoms with Crippen molar-refractivity contribution in [3.05, 3.63) is 167 Å². The van der Waals surface area contributed by atoms with E-state index < -0.39 is 60.2 Å². The van der Waals surface area contributed by atoms with E-state index in [4.69, 9.17) is 24.9 Å². The van der Waals surface area contributed by atoms with E-state index in [1.807, 2.05) is 147 Å². The van der Waals surface area contributed by atoms with Crippen LogP contribution in [0.5, 0.6) is 11.5 Å². The lowest BCUT2D eigenvalue weighted by Gasteiger charge is -2.62. The molecular formula is C92H127N11O15. The largest absolute Gasteiger partial charge is 0.496 e. The molecule has 2 aliphatic heterocycles. The first-order chi connectivity index (χ1) is 56.0. The Kier molecular flexibility index (Phi) is 29.3. The maximum Gasteiger partial charge on any atom is 0.323 e. The van der Waals surface area contributed by atoms with Gasteiger partial charge in [-0.15, -0.1) is 0 Å². The first-order valence-corrected chi connectivity index (χ1v) is 41.6. The molecule has 14 rings (SSSR count). The number of hydroxylamine groups is 4. The smallest absolute Gasteiger partial charge is 0.323 e. The number of nitrogens with zero attached hydrogens (tertiary/aromatic N) is 6. The van der Waals surface area contributed by atoms with Gasteiger partial charge in [-0.2, -0.15) is 10.1 Å². The SMILES string of the molecule is COc1c(CN2O[C@@H](CO)[C@@H]([C@H](C)O)[C@H]2C(=O)N[C@H]2C[C@H]3C[C@@H]([C@@H]2C)C3(C)C)cccc1-c1cc(C(=O)N[C@@H](Cc2ccccc2)CN(C)C)cc(N(C)CC(=O)O)c1.COc1c(CN2O[C@@H](CO)[C@@H]([C@H](C)O)[C@H]2C(=O)N[C@H]2C[C@H]3C[C@@H]([C@@H]2C)C3(C)C)cccc1-c1cc(C(=O)N[C@@H](Cc2ccccc2)CN(C)C)cc(N(C)CC(N)=O)c1. The summed E-state index contributed by atoms with van der Waals surface area (Å²) in [6.07, 6.45) is 1.92. The second-order valence-corrected chi connectivity index (χ2v) is 35.8. The van der Waals surface area contributed by atoms with Gasteiger partial charge in [0.1, 0.15) is 42.3 Å². The van der Waals surface area contributed by atoms with Crippen LogP contribution in [-0.2, 0) is 54.8 Å². The molecule has 6 aromatic carbocycles. The fourth-order valence-electron chi connectivity index (χ4n) is 20.1. The molecule has 0 aromatic heterocycles. The van der Waals surface area contributed by atoms with Crippen LogP contribution in [0.2, 0.25) is 0 Å². The standard InChI is InChI=1S/C46H64N6O7.C46H63N5O8/c1-27-37-21-33(46(37,3)4)22-38(27)49-45(57)42-41(28(2)54)39(26-53)59-52(42)23-30-15-12-16-36(43(30)58-8)31-18-32(20-35(19-31)51(7)25-40(47)55)44(56)48-34(24-50(5)6)17-29-13-10-9-11-14-29;1-27-37-21-33(46(37,3)4)22-38(27)48-45(57)42-41(28(2)53)39(26-52)59-51(42)23-30-15-12-16-36(43(30)58-8)31-18-32(20-35(19-31)50(7)25-40(54)55)44(56)47-34(24-49(5)6)17-29-13-10-9-11-14-29/h9-16,18-20,27-28,33-34,37-39,41-42,53-54H,17,21-26H2,1-8H3,(H2,47,55)(H,48,56)(H,49,57);9-16,18-20,27-28,33-34,37-39,41-42,52-53H,17,21-26H2,1-8H3,(H,47,56)(H,48,57)(H,54,55)/t2*27-,28-,33+,34-,37-,38-,39-,41+,42-/m00/s1. The fraction of sp³-hybridized carbons (Fsp3) is 0.543. The molecule has 2 heterocycles. The Balaban J connectivity index is 0.000000231. The number of nitrogens with two attached hydrogens (primary N) is 1. The second kappa shape index (κ2) is 38.6. The molecule has 4 bridgehead atoms. The van der Waals surface area contributed by atoms with Crippen LogP contribution in [0.3, 0.4) is 0 Å². The van der Waals surface area contributed by atoms with Crippen LogP contribution in [0.1, 0.15) is 124 Å². The van der Waals surface area contributed by atoms with Crippen LogP contribution >= 0.6 is 0 Å². The quantitative estimate of drug-likeness (QED) is 0.0181. The Hall–Kier alpha value is -9.06. The minimum absolute atomic E-state index is 0.00348. The Labute approximate surface area is 696 Å². The maximum atomic E-state index is 14.3. The highest BCUT2D eigenvalue weighted by atomic mass is 16.7. The predicted octanol–water partition coefficient (Wildman–Crippen LogP) is 8.29. The van der Waals surface area contributed by atoms with Gasteiger partial charge in [0.25, 0.3) is 11.8 Å². The van der Waals surface area contributed by atoms with Gasteiger partial charge < -0.3 is 81.6 Å². The van der Waals surface area contributed by atoms with Crippen molar-refractivity contribution in [1.29, 1.82) is 0 Å². The zero-order valence-corrected chi connectivity index (χ0v) is 71.6. The number of ether oxygens (including phenoxy) is 2. The van der Waals surface area contributed by atoms with E-state index in [1.54, 1.807) is 86.4 Å². The van der Waals surface area contributed by atoms with Gasteiger partial charge in [0.2, 0.25) is 17.7 Å². The molecule has 118 heavy (non-hydrogen) atoms. The van der Waals surface area contributed by atoms with E-state index in [2.05, 4.69) is 62.8 Å². The number of primary amides is 1. The monoisotopic (exact) mass is 1630 g/mol. The number of hydrogen-bond donors (Lipinski definition) is 10. The number of carboxylic acid groups (broad SMARTS) is 1. The zero-order valence-electron chi connectivity index (χ0n) is 71.6. The van der Waals surface area contributed by atoms with E-state index in [1.165, 1.54) is 12.8 Å². The van der Waals surface area contributed by atoms with Crippen LogP contribution in [0.15, 0.2) is 133 Å². The van der Waals surface area contributed by atoms with Gasteiger partial charge in [-0.05, 0) is 186 Å². The van der Waals surface area contributed by atoms with Crippen LogP contribution < -0.4 is 46.3 Å². The van der Waals surface area contributed by atoms with Crippen LogP contribution in [0.25, 0.3) is 22.3 Å². The van der Waals surface area contributed by atoms with Gasteiger partial charge in [-0.3, -0.25) is 38.4 Å². The van der Waals surface area contributed by atoms with Crippen molar-refractivity contribution >= 4 is 46.9 Å². The highest BCUT2D eigenvalue weighted by Gasteiger charge is 2.59. The summed E-state index contributed by atoms with van der Waals surface area (Å²) in [5.41, 5.74) is 14.1. The number of methoxy groups -OCH3 is 2. The van der Waals surface area contributed by atoms with Crippen molar-refractivity contribution in [2.24, 2.45) is 63.9 Å². The fourth-order valence-corrected chi connectivity index (χ4v) is 20.1. The van der Waals surface area contributed by atoms with Gasteiger partial charge in [-0.25, -0.2) is 0 Å². The van der Waals surface area contributed by atoms with E-state index in [0.717, 1.165) is 24.0 Å². The van der Waals surface area contributed by atoms with Crippen molar-refractivity contribution in [1.82, 2.24) is 41.2 Å². The topological polar surface area (TPSA) is 334 Å². The van der Waals surface area contributed by atoms with E-state index in [9.17, 15) is 54.3 Å². The van der Waals surface area contributed by atoms with Crippen LogP contribution in [-0.4, -0.2) is 238 Å². The molecule has 2 saturated heterocycles. The number of para-hydroxylation sites is 2.